The van der Waals surface area contributed by atoms with Gasteiger partial charge in [-0.25, -0.2) is 4.79 Å². The number of aromatic nitrogens is 1. The van der Waals surface area contributed by atoms with Gasteiger partial charge in [0, 0.05) is 18.0 Å². The van der Waals surface area contributed by atoms with Crippen LogP contribution in [0.25, 0.3) is 5.57 Å². The molecule has 0 amide bonds. The standard InChI is InChI=1S/C13H19NO2/c1-3-4-5-7-11(10-13(15)16-2)12-8-6-9-14-12/h6,8-10,14H,3-5,7H2,1-2H3/b11-10-. The zero-order chi connectivity index (χ0) is 11.8. The Morgan fingerprint density at radius 1 is 1.50 bits per heavy atom. The summed E-state index contributed by atoms with van der Waals surface area (Å²) in [6, 6.07) is 3.90. The fourth-order valence-corrected chi connectivity index (χ4v) is 1.58. The van der Waals surface area contributed by atoms with E-state index >= 15 is 0 Å². The van der Waals surface area contributed by atoms with Crippen LogP contribution >= 0.6 is 0 Å². The van der Waals surface area contributed by atoms with E-state index < -0.39 is 0 Å². The molecule has 3 nitrogen and oxygen atoms in total. The van der Waals surface area contributed by atoms with Crippen molar-refractivity contribution < 1.29 is 9.53 Å². The number of nitrogens with one attached hydrogen (secondary N) is 1. The van der Waals surface area contributed by atoms with Crippen molar-refractivity contribution in [1.29, 1.82) is 0 Å². The SMILES string of the molecule is CCCCC/C(=C/C(=O)OC)c1ccc[nH]1. The van der Waals surface area contributed by atoms with Gasteiger partial charge in [0.05, 0.1) is 7.11 Å². The Balaban J connectivity index is 2.70. The zero-order valence-electron chi connectivity index (χ0n) is 9.95. The Bertz CT molecular complexity index is 339. The molecular weight excluding hydrogens is 202 g/mol. The number of unbranched alkanes of at least 4 members (excludes halogenated alkanes) is 2. The number of carbonyl (C=O) groups excluding carboxylic acids is 1. The number of methoxy groups -OCH3 is 1. The third-order valence-corrected chi connectivity index (χ3v) is 2.49. The highest BCUT2D eigenvalue weighted by atomic mass is 16.5. The van der Waals surface area contributed by atoms with Crippen LogP contribution in [0.1, 0.15) is 38.3 Å². The minimum Gasteiger partial charge on any atom is -0.466 e. The summed E-state index contributed by atoms with van der Waals surface area (Å²) >= 11 is 0. The van der Waals surface area contributed by atoms with Crippen molar-refractivity contribution in [2.45, 2.75) is 32.6 Å². The summed E-state index contributed by atoms with van der Waals surface area (Å²) in [7, 11) is 1.40. The van der Waals surface area contributed by atoms with E-state index in [4.69, 9.17) is 0 Å². The molecular formula is C13H19NO2. The second kappa shape index (κ2) is 6.88. The molecule has 88 valence electrons. The van der Waals surface area contributed by atoms with Crippen LogP contribution in [0.2, 0.25) is 0 Å². The van der Waals surface area contributed by atoms with Gasteiger partial charge in [-0.1, -0.05) is 19.8 Å². The lowest BCUT2D eigenvalue weighted by atomic mass is 10.0. The molecule has 0 aromatic carbocycles. The van der Waals surface area contributed by atoms with Gasteiger partial charge in [0.15, 0.2) is 0 Å². The van der Waals surface area contributed by atoms with Gasteiger partial charge in [0.2, 0.25) is 0 Å². The Hall–Kier alpha value is -1.51. The normalized spacial score (nSPS) is 11.5. The van der Waals surface area contributed by atoms with E-state index in [9.17, 15) is 4.79 Å². The van der Waals surface area contributed by atoms with Crippen molar-refractivity contribution in [3.8, 4) is 0 Å². The average Bonchev–Trinajstić information content (AvgIpc) is 2.81. The lowest BCUT2D eigenvalue weighted by molar-refractivity contribution is -0.134. The van der Waals surface area contributed by atoms with Crippen LogP contribution in [-0.2, 0) is 9.53 Å². The first-order chi connectivity index (χ1) is 7.77. The Kier molecular flexibility index (Phi) is 5.40. The summed E-state index contributed by atoms with van der Waals surface area (Å²) in [5.74, 6) is -0.291. The molecule has 0 aliphatic heterocycles. The predicted octanol–water partition coefficient (Wildman–Crippen LogP) is 3.15. The fraction of sp³-hybridized carbons (Fsp3) is 0.462. The fourth-order valence-electron chi connectivity index (χ4n) is 1.58. The van der Waals surface area contributed by atoms with Gasteiger partial charge in [-0.2, -0.15) is 0 Å². The highest BCUT2D eigenvalue weighted by Crippen LogP contribution is 2.19. The number of hydrogen-bond acceptors (Lipinski definition) is 2. The van der Waals surface area contributed by atoms with Gasteiger partial charge in [-0.05, 0) is 30.5 Å². The van der Waals surface area contributed by atoms with Gasteiger partial charge in [0.1, 0.15) is 0 Å². The first-order valence-electron chi connectivity index (χ1n) is 5.70. The second-order valence-electron chi connectivity index (χ2n) is 3.73. The molecule has 1 aromatic rings. The monoisotopic (exact) mass is 221 g/mol. The number of carbonyl (C=O) groups is 1. The second-order valence-corrected chi connectivity index (χ2v) is 3.73. The lowest BCUT2D eigenvalue weighted by Crippen LogP contribution is -1.97. The minimum atomic E-state index is -0.291. The summed E-state index contributed by atoms with van der Waals surface area (Å²) in [5.41, 5.74) is 2.02. The van der Waals surface area contributed by atoms with Crippen molar-refractivity contribution in [2.75, 3.05) is 7.11 Å². The molecule has 0 saturated heterocycles. The summed E-state index contributed by atoms with van der Waals surface area (Å²) in [5, 5.41) is 0. The van der Waals surface area contributed by atoms with Crippen LogP contribution in [0, 0.1) is 0 Å². The number of ether oxygens (including phenoxy) is 1. The molecule has 16 heavy (non-hydrogen) atoms. The van der Waals surface area contributed by atoms with E-state index in [1.54, 1.807) is 6.08 Å². The number of H-pyrrole nitrogens is 1. The van der Waals surface area contributed by atoms with Crippen LogP contribution in [0.3, 0.4) is 0 Å². The van der Waals surface area contributed by atoms with E-state index in [2.05, 4.69) is 16.6 Å². The topological polar surface area (TPSA) is 42.1 Å². The van der Waals surface area contributed by atoms with Crippen LogP contribution < -0.4 is 0 Å². The number of hydrogen-bond donors (Lipinski definition) is 1. The van der Waals surface area contributed by atoms with E-state index in [0.29, 0.717) is 0 Å². The quantitative estimate of drug-likeness (QED) is 0.455. The van der Waals surface area contributed by atoms with E-state index in [0.717, 1.165) is 24.1 Å². The Morgan fingerprint density at radius 3 is 2.88 bits per heavy atom. The maximum absolute atomic E-state index is 11.2. The summed E-state index contributed by atoms with van der Waals surface area (Å²) in [6.07, 6.45) is 7.79. The van der Waals surface area contributed by atoms with Crippen LogP contribution in [0.4, 0.5) is 0 Å². The molecule has 0 saturated carbocycles. The predicted molar refractivity (Wildman–Crippen MR) is 64.9 cm³/mol. The van der Waals surface area contributed by atoms with Crippen molar-refractivity contribution >= 4 is 11.5 Å². The van der Waals surface area contributed by atoms with Gasteiger partial charge in [-0.15, -0.1) is 0 Å². The molecule has 0 radical (unpaired) electrons. The van der Waals surface area contributed by atoms with Crippen LogP contribution in [0.15, 0.2) is 24.4 Å². The van der Waals surface area contributed by atoms with Gasteiger partial charge < -0.3 is 9.72 Å². The molecule has 0 fully saturated rings. The van der Waals surface area contributed by atoms with Gasteiger partial charge in [0.25, 0.3) is 0 Å². The van der Waals surface area contributed by atoms with E-state index in [-0.39, 0.29) is 5.97 Å². The first kappa shape index (κ1) is 12.6. The van der Waals surface area contributed by atoms with E-state index in [1.807, 2.05) is 18.3 Å². The third kappa shape index (κ3) is 3.93. The van der Waals surface area contributed by atoms with E-state index in [1.165, 1.54) is 20.0 Å². The maximum atomic E-state index is 11.2. The van der Waals surface area contributed by atoms with Gasteiger partial charge >= 0.3 is 5.97 Å². The molecule has 0 bridgehead atoms. The van der Waals surface area contributed by atoms with Crippen LogP contribution in [-0.4, -0.2) is 18.1 Å². The third-order valence-electron chi connectivity index (χ3n) is 2.49. The lowest BCUT2D eigenvalue weighted by Gasteiger charge is -2.04. The molecule has 1 N–H and O–H groups in total. The average molecular weight is 221 g/mol. The molecule has 0 spiro atoms. The minimum absolute atomic E-state index is 0.291. The molecule has 0 unspecified atom stereocenters. The van der Waals surface area contributed by atoms with Crippen molar-refractivity contribution in [3.05, 3.63) is 30.1 Å². The maximum Gasteiger partial charge on any atom is 0.330 e. The highest BCUT2D eigenvalue weighted by Gasteiger charge is 2.05. The highest BCUT2D eigenvalue weighted by molar-refractivity contribution is 5.90. The number of esters is 1. The molecule has 1 aromatic heterocycles. The molecule has 0 aliphatic carbocycles. The number of allylic oxidation sites excluding steroid dienone is 1. The molecule has 0 aliphatic rings. The summed E-state index contributed by atoms with van der Waals surface area (Å²) in [6.45, 7) is 2.17. The number of rotatable bonds is 6. The van der Waals surface area contributed by atoms with Crippen molar-refractivity contribution in [3.63, 3.8) is 0 Å². The zero-order valence-corrected chi connectivity index (χ0v) is 9.95. The molecule has 1 rings (SSSR count). The van der Waals surface area contributed by atoms with Gasteiger partial charge in [-0.3, -0.25) is 0 Å². The largest absolute Gasteiger partial charge is 0.466 e. The first-order valence-corrected chi connectivity index (χ1v) is 5.70. The number of aromatic amines is 1. The molecule has 0 atom stereocenters. The van der Waals surface area contributed by atoms with Crippen molar-refractivity contribution in [2.24, 2.45) is 0 Å². The molecule has 1 heterocycles. The van der Waals surface area contributed by atoms with Crippen LogP contribution in [0.5, 0.6) is 0 Å². The Labute approximate surface area is 96.5 Å². The smallest absolute Gasteiger partial charge is 0.330 e. The summed E-state index contributed by atoms with van der Waals surface area (Å²) in [4.78, 5) is 14.4. The summed E-state index contributed by atoms with van der Waals surface area (Å²) < 4.78 is 4.66. The Morgan fingerprint density at radius 2 is 2.31 bits per heavy atom. The van der Waals surface area contributed by atoms with Crippen molar-refractivity contribution in [1.82, 2.24) is 4.98 Å². The molecule has 3 heteroatoms.